The summed E-state index contributed by atoms with van der Waals surface area (Å²) < 4.78 is 21.6. The zero-order valence-corrected chi connectivity index (χ0v) is 17.7. The third-order valence-corrected chi connectivity index (χ3v) is 5.47. The Balaban J connectivity index is 1.93. The highest BCUT2D eigenvalue weighted by atomic mass is 16.7. The second-order valence-electron chi connectivity index (χ2n) is 7.60. The molecule has 0 spiro atoms. The van der Waals surface area contributed by atoms with Crippen LogP contribution >= 0.6 is 0 Å². The van der Waals surface area contributed by atoms with E-state index in [9.17, 15) is 40.5 Å². The minimum Gasteiger partial charge on any atom is -0.508 e. The van der Waals surface area contributed by atoms with Crippen molar-refractivity contribution < 1.29 is 54.4 Å². The topological polar surface area (TPSA) is 200 Å². The number of rotatable bonds is 5. The van der Waals surface area contributed by atoms with Crippen molar-refractivity contribution in [3.8, 4) is 40.1 Å². The maximum absolute atomic E-state index is 13.4. The lowest BCUT2D eigenvalue weighted by molar-refractivity contribution is -0.277. The van der Waals surface area contributed by atoms with Crippen molar-refractivity contribution in [2.75, 3.05) is 13.7 Å². The Kier molecular flexibility index (Phi) is 6.25. The summed E-state index contributed by atoms with van der Waals surface area (Å²) in [5.41, 5.74) is -1.21. The van der Waals surface area contributed by atoms with Crippen molar-refractivity contribution in [2.24, 2.45) is 0 Å². The lowest BCUT2D eigenvalue weighted by Crippen LogP contribution is -2.60. The molecule has 5 atom stereocenters. The fraction of sp³-hybridized carbons (Fsp3) is 0.318. The van der Waals surface area contributed by atoms with Gasteiger partial charge in [0.25, 0.3) is 0 Å². The number of aliphatic hydroxyl groups excluding tert-OH is 4. The maximum Gasteiger partial charge on any atom is 0.239 e. The Morgan fingerprint density at radius 3 is 2.29 bits per heavy atom. The number of aliphatic hydroxyl groups is 4. The van der Waals surface area contributed by atoms with E-state index in [-0.39, 0.29) is 22.8 Å². The van der Waals surface area contributed by atoms with Crippen molar-refractivity contribution in [3.63, 3.8) is 0 Å². The molecule has 12 heteroatoms. The van der Waals surface area contributed by atoms with Gasteiger partial charge in [-0.3, -0.25) is 4.79 Å². The van der Waals surface area contributed by atoms with Gasteiger partial charge in [-0.1, -0.05) is 0 Å². The molecule has 2 aromatic carbocycles. The Hall–Kier alpha value is -3.55. The minimum atomic E-state index is -1.83. The number of benzene rings is 2. The zero-order valence-electron chi connectivity index (χ0n) is 17.7. The molecule has 1 fully saturated rings. The predicted molar refractivity (Wildman–Crippen MR) is 114 cm³/mol. The molecule has 2 heterocycles. The Bertz CT molecular complexity index is 1250. The molecule has 12 nitrogen and oxygen atoms in total. The van der Waals surface area contributed by atoms with E-state index in [0.717, 1.165) is 6.07 Å². The van der Waals surface area contributed by atoms with E-state index in [1.165, 1.54) is 31.4 Å². The molecule has 1 aliphatic rings. The summed E-state index contributed by atoms with van der Waals surface area (Å²) in [4.78, 5) is 13.4. The van der Waals surface area contributed by atoms with Gasteiger partial charge in [0, 0.05) is 11.6 Å². The van der Waals surface area contributed by atoms with E-state index in [1.54, 1.807) is 0 Å². The van der Waals surface area contributed by atoms with Gasteiger partial charge in [-0.2, -0.15) is 0 Å². The summed E-state index contributed by atoms with van der Waals surface area (Å²) >= 11 is 0. The Morgan fingerprint density at radius 1 is 1.00 bits per heavy atom. The fourth-order valence-corrected chi connectivity index (χ4v) is 3.64. The van der Waals surface area contributed by atoms with Crippen LogP contribution in [0.4, 0.5) is 0 Å². The lowest BCUT2D eigenvalue weighted by atomic mass is 9.99. The van der Waals surface area contributed by atoms with Gasteiger partial charge < -0.3 is 54.4 Å². The van der Waals surface area contributed by atoms with Crippen LogP contribution in [0.2, 0.25) is 0 Å². The van der Waals surface area contributed by atoms with Crippen molar-refractivity contribution >= 4 is 11.0 Å². The normalized spacial score (nSPS) is 24.8. The van der Waals surface area contributed by atoms with Crippen LogP contribution in [0.25, 0.3) is 22.3 Å². The van der Waals surface area contributed by atoms with E-state index < -0.39 is 71.0 Å². The van der Waals surface area contributed by atoms with Gasteiger partial charge in [0.15, 0.2) is 17.1 Å². The Morgan fingerprint density at radius 2 is 1.68 bits per heavy atom. The molecule has 34 heavy (non-hydrogen) atoms. The van der Waals surface area contributed by atoms with E-state index in [4.69, 9.17) is 18.6 Å². The number of phenolic OH excluding ortho intramolecular Hbond substituents is 3. The van der Waals surface area contributed by atoms with Crippen molar-refractivity contribution in [1.82, 2.24) is 0 Å². The number of aromatic hydroxyl groups is 3. The highest BCUT2D eigenvalue weighted by Crippen LogP contribution is 2.43. The molecule has 4 rings (SSSR count). The first kappa shape index (κ1) is 23.6. The number of methoxy groups -OCH3 is 1. The van der Waals surface area contributed by atoms with Gasteiger partial charge in [0.2, 0.25) is 23.2 Å². The molecular formula is C22H22O12. The minimum absolute atomic E-state index is 0.0922. The third-order valence-electron chi connectivity index (χ3n) is 5.47. The van der Waals surface area contributed by atoms with Crippen LogP contribution in [0.3, 0.4) is 0 Å². The van der Waals surface area contributed by atoms with E-state index in [1.807, 2.05) is 0 Å². The second-order valence-corrected chi connectivity index (χ2v) is 7.60. The number of hydrogen-bond acceptors (Lipinski definition) is 12. The first-order valence-corrected chi connectivity index (χ1v) is 10.0. The highest BCUT2D eigenvalue weighted by molar-refractivity contribution is 5.93. The van der Waals surface area contributed by atoms with E-state index >= 15 is 0 Å². The van der Waals surface area contributed by atoms with Gasteiger partial charge >= 0.3 is 0 Å². The van der Waals surface area contributed by atoms with Crippen LogP contribution in [0, 0.1) is 0 Å². The maximum atomic E-state index is 13.4. The molecule has 5 unspecified atom stereocenters. The summed E-state index contributed by atoms with van der Waals surface area (Å²) in [6, 6.07) is 6.32. The van der Waals surface area contributed by atoms with Crippen molar-refractivity contribution in [3.05, 3.63) is 40.6 Å². The number of ether oxygens (including phenoxy) is 3. The van der Waals surface area contributed by atoms with Crippen LogP contribution in [0.15, 0.2) is 39.5 Å². The molecule has 182 valence electrons. The molecule has 0 bridgehead atoms. The van der Waals surface area contributed by atoms with Gasteiger partial charge in [-0.15, -0.1) is 0 Å². The predicted octanol–water partition coefficient (Wildman–Crippen LogP) is -0.236. The van der Waals surface area contributed by atoms with Crippen molar-refractivity contribution in [2.45, 2.75) is 30.7 Å². The molecular weight excluding hydrogens is 456 g/mol. The highest BCUT2D eigenvalue weighted by Gasteiger charge is 2.45. The largest absolute Gasteiger partial charge is 0.508 e. The molecule has 1 aromatic heterocycles. The average molecular weight is 478 g/mol. The molecule has 0 amide bonds. The smallest absolute Gasteiger partial charge is 0.239 e. The summed E-state index contributed by atoms with van der Waals surface area (Å²) in [6.07, 6.45) is -8.31. The monoisotopic (exact) mass is 478 g/mol. The second kappa shape index (κ2) is 9.00. The molecule has 3 aromatic rings. The zero-order chi connectivity index (χ0) is 24.7. The van der Waals surface area contributed by atoms with Crippen LogP contribution in [-0.2, 0) is 4.74 Å². The molecule has 1 aliphatic heterocycles. The lowest BCUT2D eigenvalue weighted by Gasteiger charge is -2.39. The van der Waals surface area contributed by atoms with Gasteiger partial charge in [-0.05, 0) is 24.3 Å². The van der Waals surface area contributed by atoms with Crippen LogP contribution in [0.1, 0.15) is 0 Å². The van der Waals surface area contributed by atoms with Gasteiger partial charge in [0.1, 0.15) is 41.3 Å². The number of phenols is 3. The summed E-state index contributed by atoms with van der Waals surface area (Å²) in [7, 11) is 1.23. The SMILES string of the molecule is COc1cc(O)c2c(=O)c(OC3OC(CO)C(O)C(O)C3O)c(-c3ccc(O)cc3)oc2c1O. The van der Waals surface area contributed by atoms with Crippen LogP contribution in [-0.4, -0.2) is 80.2 Å². The molecule has 1 saturated heterocycles. The van der Waals surface area contributed by atoms with Crippen LogP contribution in [0.5, 0.6) is 28.7 Å². The first-order valence-electron chi connectivity index (χ1n) is 10.0. The summed E-state index contributed by atoms with van der Waals surface area (Å²) in [6.45, 7) is -0.726. The summed E-state index contributed by atoms with van der Waals surface area (Å²) in [5.74, 6) is -2.31. The fourth-order valence-electron chi connectivity index (χ4n) is 3.64. The average Bonchev–Trinajstić information content (AvgIpc) is 2.83. The number of hydrogen-bond donors (Lipinski definition) is 7. The quantitative estimate of drug-likeness (QED) is 0.238. The number of fused-ring (bicyclic) bond motifs is 1. The van der Waals surface area contributed by atoms with Crippen LogP contribution < -0.4 is 14.9 Å². The molecule has 0 saturated carbocycles. The first-order chi connectivity index (χ1) is 16.2. The van der Waals surface area contributed by atoms with E-state index in [2.05, 4.69) is 0 Å². The summed E-state index contributed by atoms with van der Waals surface area (Å²) in [5, 5.41) is 69.8. The molecule has 0 aliphatic carbocycles. The van der Waals surface area contributed by atoms with E-state index in [0.29, 0.717) is 0 Å². The standard InChI is InChI=1S/C22H22O12/c1-31-11-6-10(25)13-16(28)21(34-22-18(30)17(29)14(26)12(7-23)32-22)19(33-20(13)15(11)27)8-2-4-9(24)5-3-8/h2-6,12,14,17-18,22-27,29-30H,7H2,1H3. The molecule has 7 N–H and O–H groups in total. The van der Waals surface area contributed by atoms with Gasteiger partial charge in [-0.25, -0.2) is 0 Å². The third kappa shape index (κ3) is 3.87. The molecule has 0 radical (unpaired) electrons. The van der Waals surface area contributed by atoms with Crippen molar-refractivity contribution in [1.29, 1.82) is 0 Å². The van der Waals surface area contributed by atoms with Gasteiger partial charge in [0.05, 0.1) is 13.7 Å². The Labute approximate surface area is 191 Å².